The molecule has 4 nitrogen and oxygen atoms in total. The van der Waals surface area contributed by atoms with Gasteiger partial charge in [0.15, 0.2) is 11.6 Å². The monoisotopic (exact) mass is 320 g/mol. The van der Waals surface area contributed by atoms with E-state index in [0.29, 0.717) is 28.8 Å². The Bertz CT molecular complexity index is 776. The van der Waals surface area contributed by atoms with Gasteiger partial charge in [-0.15, -0.1) is 0 Å². The van der Waals surface area contributed by atoms with Crippen molar-refractivity contribution in [2.75, 3.05) is 7.11 Å². The summed E-state index contributed by atoms with van der Waals surface area (Å²) in [5, 5.41) is 0. The first-order valence-electron chi connectivity index (χ1n) is 7.90. The fourth-order valence-electron chi connectivity index (χ4n) is 4.49. The van der Waals surface area contributed by atoms with Crippen LogP contribution in [0, 0.1) is 35.3 Å². The molecule has 2 saturated carbocycles. The quantitative estimate of drug-likeness (QED) is 0.815. The Morgan fingerprint density at radius 1 is 1.30 bits per heavy atom. The maximum atomic E-state index is 13.5. The lowest BCUT2D eigenvalue weighted by atomic mass is 9.97. The van der Waals surface area contributed by atoms with Gasteiger partial charge in [-0.05, 0) is 30.6 Å². The molecular weight excluding hydrogens is 302 g/mol. The van der Waals surface area contributed by atoms with Crippen molar-refractivity contribution in [2.24, 2.45) is 23.7 Å². The van der Waals surface area contributed by atoms with Crippen molar-refractivity contribution in [1.82, 2.24) is 9.55 Å². The van der Waals surface area contributed by atoms with E-state index in [9.17, 15) is 13.6 Å². The zero-order valence-corrected chi connectivity index (χ0v) is 13.0. The predicted molar refractivity (Wildman–Crippen MR) is 79.6 cm³/mol. The lowest BCUT2D eigenvalue weighted by Gasteiger charge is -2.19. The van der Waals surface area contributed by atoms with Gasteiger partial charge in [0.1, 0.15) is 0 Å². The summed E-state index contributed by atoms with van der Waals surface area (Å²) in [6.45, 7) is 1.93. The SMILES string of the molecule is COC(=O)C(C)C1[C@H]2CC(n3cnc4cc(F)c(F)cc43)C[C@@H]12. The minimum absolute atomic E-state index is 0.0676. The number of ether oxygens (including phenoxy) is 1. The number of hydrogen-bond acceptors (Lipinski definition) is 3. The predicted octanol–water partition coefficient (Wildman–Crippen LogP) is 3.32. The molecule has 0 amide bonds. The summed E-state index contributed by atoms with van der Waals surface area (Å²) in [6, 6.07) is 2.59. The Balaban J connectivity index is 1.53. The number of aromatic nitrogens is 2. The summed E-state index contributed by atoms with van der Waals surface area (Å²) in [4.78, 5) is 15.8. The van der Waals surface area contributed by atoms with E-state index in [-0.39, 0.29) is 17.9 Å². The normalized spacial score (nSPS) is 30.3. The van der Waals surface area contributed by atoms with E-state index in [1.54, 1.807) is 6.33 Å². The maximum Gasteiger partial charge on any atom is 0.308 e. The molecule has 0 N–H and O–H groups in total. The fraction of sp³-hybridized carbons (Fsp3) is 0.529. The Morgan fingerprint density at radius 2 is 1.96 bits per heavy atom. The molecule has 122 valence electrons. The van der Waals surface area contributed by atoms with Gasteiger partial charge in [0.25, 0.3) is 0 Å². The molecule has 2 fully saturated rings. The number of carbonyl (C=O) groups excluding carboxylic acids is 1. The summed E-state index contributed by atoms with van der Waals surface area (Å²) < 4.78 is 33.6. The molecular formula is C17H18F2N2O2. The number of carbonyl (C=O) groups is 1. The molecule has 1 heterocycles. The number of rotatable bonds is 3. The second kappa shape index (κ2) is 5.01. The van der Waals surface area contributed by atoms with E-state index in [1.165, 1.54) is 13.2 Å². The number of esters is 1. The van der Waals surface area contributed by atoms with Gasteiger partial charge in [-0.1, -0.05) is 6.92 Å². The molecule has 3 unspecified atom stereocenters. The van der Waals surface area contributed by atoms with Crippen LogP contribution in [-0.2, 0) is 9.53 Å². The van der Waals surface area contributed by atoms with Crippen molar-refractivity contribution in [2.45, 2.75) is 25.8 Å². The Labute approximate surface area is 132 Å². The minimum Gasteiger partial charge on any atom is -0.469 e. The van der Waals surface area contributed by atoms with Gasteiger partial charge in [-0.3, -0.25) is 4.79 Å². The molecule has 0 radical (unpaired) electrons. The van der Waals surface area contributed by atoms with Gasteiger partial charge in [0.2, 0.25) is 0 Å². The maximum absolute atomic E-state index is 13.5. The molecule has 0 saturated heterocycles. The first kappa shape index (κ1) is 14.6. The zero-order chi connectivity index (χ0) is 16.3. The first-order chi connectivity index (χ1) is 11.0. The highest BCUT2D eigenvalue weighted by molar-refractivity contribution is 5.75. The zero-order valence-electron chi connectivity index (χ0n) is 13.0. The topological polar surface area (TPSA) is 44.1 Å². The van der Waals surface area contributed by atoms with Gasteiger partial charge in [0.05, 0.1) is 30.4 Å². The second-order valence-electron chi connectivity index (χ2n) is 6.75. The van der Waals surface area contributed by atoms with Crippen LogP contribution in [0.15, 0.2) is 18.5 Å². The van der Waals surface area contributed by atoms with Crippen molar-refractivity contribution in [3.05, 3.63) is 30.1 Å². The molecule has 0 aliphatic heterocycles. The number of benzene rings is 1. The van der Waals surface area contributed by atoms with Crippen LogP contribution < -0.4 is 0 Å². The average Bonchev–Trinajstić information content (AvgIpc) is 2.87. The molecule has 6 heteroatoms. The van der Waals surface area contributed by atoms with E-state index in [0.717, 1.165) is 18.9 Å². The van der Waals surface area contributed by atoms with E-state index in [4.69, 9.17) is 4.74 Å². The Hall–Kier alpha value is -1.98. The minimum atomic E-state index is -0.871. The van der Waals surface area contributed by atoms with Crippen LogP contribution in [0.1, 0.15) is 25.8 Å². The van der Waals surface area contributed by atoms with Gasteiger partial charge in [-0.2, -0.15) is 0 Å². The van der Waals surface area contributed by atoms with Crippen LogP contribution in [0.3, 0.4) is 0 Å². The van der Waals surface area contributed by atoms with Crippen molar-refractivity contribution >= 4 is 17.0 Å². The van der Waals surface area contributed by atoms with Crippen LogP contribution in [0.4, 0.5) is 8.78 Å². The van der Waals surface area contributed by atoms with Gasteiger partial charge in [-0.25, -0.2) is 13.8 Å². The lowest BCUT2D eigenvalue weighted by Crippen LogP contribution is -2.18. The molecule has 0 bridgehead atoms. The first-order valence-corrected chi connectivity index (χ1v) is 7.90. The van der Waals surface area contributed by atoms with Crippen LogP contribution in [0.2, 0.25) is 0 Å². The van der Waals surface area contributed by atoms with Gasteiger partial charge in [0, 0.05) is 18.2 Å². The second-order valence-corrected chi connectivity index (χ2v) is 6.75. The van der Waals surface area contributed by atoms with Crippen molar-refractivity contribution in [1.29, 1.82) is 0 Å². The number of fused-ring (bicyclic) bond motifs is 2. The summed E-state index contributed by atoms with van der Waals surface area (Å²) in [6.07, 6.45) is 3.56. The van der Waals surface area contributed by atoms with Gasteiger partial charge < -0.3 is 9.30 Å². The van der Waals surface area contributed by atoms with Crippen LogP contribution in [0.25, 0.3) is 11.0 Å². The largest absolute Gasteiger partial charge is 0.469 e. The Kier molecular flexibility index (Phi) is 3.18. The van der Waals surface area contributed by atoms with Crippen molar-refractivity contribution in [3.63, 3.8) is 0 Å². The number of nitrogens with zero attached hydrogens (tertiary/aromatic N) is 2. The standard InChI is InChI=1S/C17H18F2N2O2/c1-8(17(22)23-2)16-10-3-9(4-11(10)16)21-7-20-14-5-12(18)13(19)6-15(14)21/h5-11,16H,3-4H2,1-2H3/t8?,9?,10-,11+,16?. The van der Waals surface area contributed by atoms with Crippen LogP contribution in [-0.4, -0.2) is 22.6 Å². The summed E-state index contributed by atoms with van der Waals surface area (Å²) >= 11 is 0. The third-order valence-corrected chi connectivity index (χ3v) is 5.65. The van der Waals surface area contributed by atoms with Crippen molar-refractivity contribution < 1.29 is 18.3 Å². The van der Waals surface area contributed by atoms with Gasteiger partial charge >= 0.3 is 5.97 Å². The average molecular weight is 320 g/mol. The molecule has 2 aliphatic rings. The molecule has 4 rings (SSSR count). The van der Waals surface area contributed by atoms with E-state index >= 15 is 0 Å². The highest BCUT2D eigenvalue weighted by atomic mass is 19.2. The van der Waals surface area contributed by atoms with E-state index in [1.807, 2.05) is 11.5 Å². The molecule has 0 spiro atoms. The Morgan fingerprint density at radius 3 is 2.61 bits per heavy atom. The van der Waals surface area contributed by atoms with E-state index in [2.05, 4.69) is 4.98 Å². The number of halogens is 2. The number of imidazole rings is 1. The molecule has 2 aliphatic carbocycles. The summed E-state index contributed by atoms with van der Waals surface area (Å²) in [5.41, 5.74) is 1.11. The fourth-order valence-corrected chi connectivity index (χ4v) is 4.49. The summed E-state index contributed by atoms with van der Waals surface area (Å²) in [7, 11) is 1.42. The molecule has 5 atom stereocenters. The third-order valence-electron chi connectivity index (χ3n) is 5.65. The molecule has 23 heavy (non-hydrogen) atoms. The van der Waals surface area contributed by atoms with E-state index < -0.39 is 11.6 Å². The third kappa shape index (κ3) is 2.15. The number of methoxy groups -OCH3 is 1. The van der Waals surface area contributed by atoms with Crippen molar-refractivity contribution in [3.8, 4) is 0 Å². The lowest BCUT2D eigenvalue weighted by molar-refractivity contribution is -0.145. The molecule has 1 aromatic heterocycles. The number of hydrogen-bond donors (Lipinski definition) is 0. The highest BCUT2D eigenvalue weighted by Gasteiger charge is 2.59. The van der Waals surface area contributed by atoms with Crippen LogP contribution in [0.5, 0.6) is 0 Å². The smallest absolute Gasteiger partial charge is 0.308 e. The molecule has 1 aromatic carbocycles. The summed E-state index contributed by atoms with van der Waals surface area (Å²) in [5.74, 6) is -0.520. The highest BCUT2D eigenvalue weighted by Crippen LogP contribution is 2.64. The van der Waals surface area contributed by atoms with Crippen LogP contribution >= 0.6 is 0 Å². The molecule has 2 aromatic rings.